The van der Waals surface area contributed by atoms with Gasteiger partial charge in [0.1, 0.15) is 0 Å². The standard InChI is InChI=1S/C18H27NOS/c1-4-5-10-20-13-16-15-8-6-7-9-17(15)21-18(16)12-19-11-14(2)3/h6-9,14,19H,4-5,10-13H2,1-3H3. The van der Waals surface area contributed by atoms with Crippen molar-refractivity contribution in [3.63, 3.8) is 0 Å². The molecule has 0 spiro atoms. The van der Waals surface area contributed by atoms with E-state index in [0.29, 0.717) is 5.92 Å². The second-order valence-corrected chi connectivity index (χ2v) is 7.07. The lowest BCUT2D eigenvalue weighted by molar-refractivity contribution is 0.118. The molecule has 0 saturated carbocycles. The fraction of sp³-hybridized carbons (Fsp3) is 0.556. The zero-order valence-electron chi connectivity index (χ0n) is 13.4. The van der Waals surface area contributed by atoms with Crippen molar-refractivity contribution in [2.24, 2.45) is 5.92 Å². The average molecular weight is 305 g/mol. The molecule has 1 heterocycles. The summed E-state index contributed by atoms with van der Waals surface area (Å²) in [6, 6.07) is 8.67. The molecule has 1 aromatic carbocycles. The zero-order chi connectivity index (χ0) is 15.1. The van der Waals surface area contributed by atoms with Gasteiger partial charge in [0.05, 0.1) is 6.61 Å². The van der Waals surface area contributed by atoms with E-state index in [0.717, 1.165) is 32.7 Å². The van der Waals surface area contributed by atoms with Crippen molar-refractivity contribution in [2.75, 3.05) is 13.2 Å². The van der Waals surface area contributed by atoms with Crippen molar-refractivity contribution in [3.8, 4) is 0 Å². The first kappa shape index (κ1) is 16.5. The van der Waals surface area contributed by atoms with Gasteiger partial charge in [-0.3, -0.25) is 0 Å². The van der Waals surface area contributed by atoms with Crippen molar-refractivity contribution in [1.82, 2.24) is 5.32 Å². The normalized spacial score (nSPS) is 11.6. The molecular formula is C18H27NOS. The number of fused-ring (bicyclic) bond motifs is 1. The van der Waals surface area contributed by atoms with Crippen LogP contribution in [0.25, 0.3) is 10.1 Å². The lowest BCUT2D eigenvalue weighted by Crippen LogP contribution is -2.19. The summed E-state index contributed by atoms with van der Waals surface area (Å²) in [6.07, 6.45) is 2.33. The molecule has 0 atom stereocenters. The summed E-state index contributed by atoms with van der Waals surface area (Å²) in [7, 11) is 0. The molecule has 0 aliphatic carbocycles. The van der Waals surface area contributed by atoms with E-state index in [2.05, 4.69) is 50.4 Å². The zero-order valence-corrected chi connectivity index (χ0v) is 14.3. The van der Waals surface area contributed by atoms with Crippen molar-refractivity contribution in [1.29, 1.82) is 0 Å². The number of unbranched alkanes of at least 4 members (excludes halogenated alkanes) is 1. The first-order chi connectivity index (χ1) is 10.2. The third-order valence-corrected chi connectivity index (χ3v) is 4.72. The highest BCUT2D eigenvalue weighted by Gasteiger charge is 2.11. The van der Waals surface area contributed by atoms with Gasteiger partial charge in [0.15, 0.2) is 0 Å². The van der Waals surface area contributed by atoms with Crippen LogP contribution in [0.4, 0.5) is 0 Å². The van der Waals surface area contributed by atoms with Crippen molar-refractivity contribution in [3.05, 3.63) is 34.7 Å². The van der Waals surface area contributed by atoms with Gasteiger partial charge in [-0.05, 0) is 30.3 Å². The molecule has 1 N–H and O–H groups in total. The molecular weight excluding hydrogens is 278 g/mol. The van der Waals surface area contributed by atoms with Crippen LogP contribution in [-0.2, 0) is 17.9 Å². The smallest absolute Gasteiger partial charge is 0.0734 e. The second kappa shape index (κ2) is 8.52. The summed E-state index contributed by atoms with van der Waals surface area (Å²) in [5.74, 6) is 0.684. The summed E-state index contributed by atoms with van der Waals surface area (Å²) in [5.41, 5.74) is 1.38. The van der Waals surface area contributed by atoms with Crippen LogP contribution in [-0.4, -0.2) is 13.2 Å². The van der Waals surface area contributed by atoms with Crippen LogP contribution in [0.3, 0.4) is 0 Å². The first-order valence-corrected chi connectivity index (χ1v) is 8.81. The predicted octanol–water partition coefficient (Wildman–Crippen LogP) is 4.96. The number of rotatable bonds is 9. The monoisotopic (exact) mass is 305 g/mol. The maximum atomic E-state index is 5.87. The fourth-order valence-corrected chi connectivity index (χ4v) is 3.53. The van der Waals surface area contributed by atoms with Gasteiger partial charge in [-0.15, -0.1) is 11.3 Å². The first-order valence-electron chi connectivity index (χ1n) is 8.00. The van der Waals surface area contributed by atoms with Gasteiger partial charge in [-0.25, -0.2) is 0 Å². The van der Waals surface area contributed by atoms with Crippen LogP contribution in [0.2, 0.25) is 0 Å². The molecule has 21 heavy (non-hydrogen) atoms. The Morgan fingerprint density at radius 1 is 1.24 bits per heavy atom. The number of nitrogens with one attached hydrogen (secondary N) is 1. The molecule has 0 amide bonds. The maximum absolute atomic E-state index is 5.87. The lowest BCUT2D eigenvalue weighted by atomic mass is 10.1. The highest BCUT2D eigenvalue weighted by molar-refractivity contribution is 7.19. The topological polar surface area (TPSA) is 21.3 Å². The van der Waals surface area contributed by atoms with E-state index in [1.807, 2.05) is 11.3 Å². The number of thiophene rings is 1. The van der Waals surface area contributed by atoms with Crippen LogP contribution in [0.5, 0.6) is 0 Å². The molecule has 116 valence electrons. The molecule has 0 fully saturated rings. The van der Waals surface area contributed by atoms with E-state index in [-0.39, 0.29) is 0 Å². The van der Waals surface area contributed by atoms with Gasteiger partial charge < -0.3 is 10.1 Å². The van der Waals surface area contributed by atoms with E-state index in [1.165, 1.54) is 26.9 Å². The summed E-state index contributed by atoms with van der Waals surface area (Å²) in [6.45, 7) is 10.3. The largest absolute Gasteiger partial charge is 0.377 e. The van der Waals surface area contributed by atoms with Crippen LogP contribution < -0.4 is 5.32 Å². The summed E-state index contributed by atoms with van der Waals surface area (Å²) >= 11 is 1.90. The van der Waals surface area contributed by atoms with E-state index >= 15 is 0 Å². The fourth-order valence-electron chi connectivity index (χ4n) is 2.35. The number of hydrogen-bond acceptors (Lipinski definition) is 3. The Balaban J connectivity index is 2.09. The summed E-state index contributed by atoms with van der Waals surface area (Å²) < 4.78 is 7.24. The molecule has 2 rings (SSSR count). The highest BCUT2D eigenvalue weighted by Crippen LogP contribution is 2.31. The molecule has 2 nitrogen and oxygen atoms in total. The molecule has 0 bridgehead atoms. The van der Waals surface area contributed by atoms with E-state index in [1.54, 1.807) is 0 Å². The van der Waals surface area contributed by atoms with Crippen LogP contribution in [0, 0.1) is 5.92 Å². The summed E-state index contributed by atoms with van der Waals surface area (Å²) in [5, 5.41) is 4.92. The van der Waals surface area contributed by atoms with E-state index in [4.69, 9.17) is 4.74 Å². The summed E-state index contributed by atoms with van der Waals surface area (Å²) in [4.78, 5) is 1.42. The molecule has 0 radical (unpaired) electrons. The van der Waals surface area contributed by atoms with Gasteiger partial charge in [0.2, 0.25) is 0 Å². The highest BCUT2D eigenvalue weighted by atomic mass is 32.1. The maximum Gasteiger partial charge on any atom is 0.0734 e. The Labute approximate surface area is 132 Å². The number of ether oxygens (including phenoxy) is 1. The van der Waals surface area contributed by atoms with Crippen LogP contribution >= 0.6 is 11.3 Å². The van der Waals surface area contributed by atoms with E-state index in [9.17, 15) is 0 Å². The second-order valence-electron chi connectivity index (χ2n) is 5.93. The van der Waals surface area contributed by atoms with Crippen molar-refractivity contribution < 1.29 is 4.74 Å². The van der Waals surface area contributed by atoms with Gasteiger partial charge >= 0.3 is 0 Å². The predicted molar refractivity (Wildman–Crippen MR) is 92.9 cm³/mol. The van der Waals surface area contributed by atoms with E-state index < -0.39 is 0 Å². The molecule has 3 heteroatoms. The number of hydrogen-bond donors (Lipinski definition) is 1. The Morgan fingerprint density at radius 3 is 2.81 bits per heavy atom. The molecule has 0 aliphatic heterocycles. The van der Waals surface area contributed by atoms with Gasteiger partial charge in [0.25, 0.3) is 0 Å². The third kappa shape index (κ3) is 4.80. The SMILES string of the molecule is CCCCOCc1c(CNCC(C)C)sc2ccccc12. The Bertz CT molecular complexity index is 547. The average Bonchev–Trinajstić information content (AvgIpc) is 2.81. The Hall–Kier alpha value is -0.900. The molecule has 0 unspecified atom stereocenters. The van der Waals surface area contributed by atoms with Crippen molar-refractivity contribution >= 4 is 21.4 Å². The molecule has 0 aliphatic rings. The number of benzene rings is 1. The minimum Gasteiger partial charge on any atom is -0.377 e. The quantitative estimate of drug-likeness (QED) is 0.661. The van der Waals surface area contributed by atoms with Crippen LogP contribution in [0.1, 0.15) is 44.1 Å². The Kier molecular flexibility index (Phi) is 6.68. The minimum atomic E-state index is 0.684. The van der Waals surface area contributed by atoms with Crippen molar-refractivity contribution in [2.45, 2.75) is 46.8 Å². The van der Waals surface area contributed by atoms with Crippen LogP contribution in [0.15, 0.2) is 24.3 Å². The van der Waals surface area contributed by atoms with Gasteiger partial charge in [-0.2, -0.15) is 0 Å². The molecule has 0 saturated heterocycles. The lowest BCUT2D eigenvalue weighted by Gasteiger charge is -2.09. The molecule has 2 aromatic rings. The minimum absolute atomic E-state index is 0.684. The van der Waals surface area contributed by atoms with Gasteiger partial charge in [0, 0.05) is 28.3 Å². The third-order valence-electron chi connectivity index (χ3n) is 3.51. The van der Waals surface area contributed by atoms with Gasteiger partial charge in [-0.1, -0.05) is 45.4 Å². The molecule has 1 aromatic heterocycles. The Morgan fingerprint density at radius 2 is 2.05 bits per heavy atom.